The molecular formula is C13H7BrIN3O3. The minimum Gasteiger partial charge on any atom is -0.429 e. The largest absolute Gasteiger partial charge is 0.429 e. The zero-order valence-corrected chi connectivity index (χ0v) is 14.4. The maximum Gasteiger partial charge on any atom is 0.314 e. The lowest BCUT2D eigenvalue weighted by Gasteiger charge is -2.10. The van der Waals surface area contributed by atoms with Gasteiger partial charge >= 0.3 is 5.69 Å². The van der Waals surface area contributed by atoms with Gasteiger partial charge in [0.25, 0.3) is 0 Å². The van der Waals surface area contributed by atoms with Crippen molar-refractivity contribution in [1.29, 1.82) is 5.26 Å². The zero-order valence-electron chi connectivity index (χ0n) is 10.6. The van der Waals surface area contributed by atoms with Gasteiger partial charge in [0.2, 0.25) is 11.6 Å². The quantitative estimate of drug-likeness (QED) is 0.387. The van der Waals surface area contributed by atoms with Crippen molar-refractivity contribution in [3.05, 3.63) is 53.7 Å². The molecule has 21 heavy (non-hydrogen) atoms. The summed E-state index contributed by atoms with van der Waals surface area (Å²) in [6, 6.07) is 6.37. The van der Waals surface area contributed by atoms with Crippen LogP contribution in [0.5, 0.6) is 11.6 Å². The summed E-state index contributed by atoms with van der Waals surface area (Å²) in [5.41, 5.74) is 0.828. The summed E-state index contributed by atoms with van der Waals surface area (Å²) < 4.78 is 6.69. The monoisotopic (exact) mass is 459 g/mol. The predicted octanol–water partition coefficient (Wildman–Crippen LogP) is 4.33. The third-order valence-corrected chi connectivity index (χ3v) is 4.36. The van der Waals surface area contributed by atoms with Crippen molar-refractivity contribution in [2.75, 3.05) is 0 Å². The van der Waals surface area contributed by atoms with Gasteiger partial charge in [-0.3, -0.25) is 10.1 Å². The van der Waals surface area contributed by atoms with E-state index in [-0.39, 0.29) is 22.9 Å². The Balaban J connectivity index is 2.56. The Kier molecular flexibility index (Phi) is 4.74. The number of aryl methyl sites for hydroxylation is 1. The molecule has 0 aliphatic heterocycles. The van der Waals surface area contributed by atoms with E-state index in [2.05, 4.69) is 20.9 Å². The Morgan fingerprint density at radius 2 is 2.24 bits per heavy atom. The first-order valence-electron chi connectivity index (χ1n) is 5.61. The molecule has 2 rings (SSSR count). The first-order chi connectivity index (χ1) is 9.93. The molecule has 0 N–H and O–H groups in total. The molecule has 2 aromatic rings. The fraction of sp³-hybridized carbons (Fsp3) is 0.0769. The van der Waals surface area contributed by atoms with E-state index in [1.165, 1.54) is 12.1 Å². The summed E-state index contributed by atoms with van der Waals surface area (Å²) in [4.78, 5) is 14.6. The summed E-state index contributed by atoms with van der Waals surface area (Å²) in [7, 11) is 0. The number of pyridine rings is 1. The highest BCUT2D eigenvalue weighted by molar-refractivity contribution is 14.1. The van der Waals surface area contributed by atoms with Gasteiger partial charge in [0.05, 0.1) is 24.6 Å². The van der Waals surface area contributed by atoms with Crippen LogP contribution in [-0.2, 0) is 0 Å². The Bertz CT molecular complexity index is 774. The molecule has 0 saturated heterocycles. The van der Waals surface area contributed by atoms with Gasteiger partial charge in [-0.2, -0.15) is 5.26 Å². The highest BCUT2D eigenvalue weighted by atomic mass is 127. The number of nitriles is 1. The minimum atomic E-state index is -0.581. The number of rotatable bonds is 3. The van der Waals surface area contributed by atoms with Gasteiger partial charge < -0.3 is 4.74 Å². The van der Waals surface area contributed by atoms with Crippen molar-refractivity contribution < 1.29 is 9.66 Å². The lowest BCUT2D eigenvalue weighted by atomic mass is 10.2. The molecule has 0 spiro atoms. The van der Waals surface area contributed by atoms with Crippen LogP contribution >= 0.6 is 38.5 Å². The summed E-state index contributed by atoms with van der Waals surface area (Å²) in [6.45, 7) is 1.86. The molecule has 0 amide bonds. The number of nitro benzene ring substituents is 1. The van der Waals surface area contributed by atoms with E-state index in [4.69, 9.17) is 10.00 Å². The van der Waals surface area contributed by atoms with Crippen LogP contribution in [-0.4, -0.2) is 9.91 Å². The smallest absolute Gasteiger partial charge is 0.314 e. The topological polar surface area (TPSA) is 89.0 Å². The number of nitrogens with zero attached hydrogens (tertiary/aromatic N) is 3. The molecule has 1 aromatic carbocycles. The summed E-state index contributed by atoms with van der Waals surface area (Å²) in [6.07, 6.45) is 1.55. The van der Waals surface area contributed by atoms with Crippen molar-refractivity contribution in [2.24, 2.45) is 0 Å². The molecule has 0 bridgehead atoms. The number of aromatic nitrogens is 1. The van der Waals surface area contributed by atoms with E-state index in [9.17, 15) is 10.1 Å². The Labute approximate surface area is 142 Å². The molecule has 0 atom stereocenters. The van der Waals surface area contributed by atoms with Crippen LogP contribution in [0.1, 0.15) is 11.1 Å². The third kappa shape index (κ3) is 3.30. The van der Waals surface area contributed by atoms with E-state index in [1.807, 2.05) is 35.6 Å². The lowest BCUT2D eigenvalue weighted by molar-refractivity contribution is -0.385. The molecule has 0 fully saturated rings. The van der Waals surface area contributed by atoms with Gasteiger partial charge in [0.1, 0.15) is 0 Å². The van der Waals surface area contributed by atoms with E-state index < -0.39 is 4.92 Å². The van der Waals surface area contributed by atoms with E-state index >= 15 is 0 Å². The Hall–Kier alpha value is -1.73. The molecule has 0 unspecified atom stereocenters. The van der Waals surface area contributed by atoms with E-state index in [0.29, 0.717) is 8.04 Å². The Morgan fingerprint density at radius 3 is 2.86 bits per heavy atom. The summed E-state index contributed by atoms with van der Waals surface area (Å²) in [5.74, 6) is 0.305. The highest BCUT2D eigenvalue weighted by Gasteiger charge is 2.22. The number of hydrogen-bond acceptors (Lipinski definition) is 5. The molecular weight excluding hydrogens is 453 g/mol. The van der Waals surface area contributed by atoms with Gasteiger partial charge in [-0.25, -0.2) is 4.98 Å². The van der Waals surface area contributed by atoms with Crippen LogP contribution < -0.4 is 4.74 Å². The Morgan fingerprint density at radius 1 is 1.52 bits per heavy atom. The van der Waals surface area contributed by atoms with Crippen molar-refractivity contribution in [1.82, 2.24) is 4.98 Å². The predicted molar refractivity (Wildman–Crippen MR) is 87.3 cm³/mol. The molecule has 6 nitrogen and oxygen atoms in total. The highest BCUT2D eigenvalue weighted by Crippen LogP contribution is 2.38. The van der Waals surface area contributed by atoms with Crippen molar-refractivity contribution in [3.8, 4) is 17.7 Å². The zero-order chi connectivity index (χ0) is 15.6. The van der Waals surface area contributed by atoms with E-state index in [0.717, 1.165) is 5.56 Å². The molecule has 0 aliphatic carbocycles. The molecule has 0 saturated carbocycles. The number of halogens is 2. The van der Waals surface area contributed by atoms with Crippen LogP contribution in [0.2, 0.25) is 0 Å². The summed E-state index contributed by atoms with van der Waals surface area (Å²) in [5, 5.41) is 20.1. The normalized spacial score (nSPS) is 10.0. The van der Waals surface area contributed by atoms with Crippen LogP contribution in [0.25, 0.3) is 0 Å². The maximum atomic E-state index is 11.2. The van der Waals surface area contributed by atoms with E-state index in [1.54, 1.807) is 12.3 Å². The van der Waals surface area contributed by atoms with Gasteiger partial charge in [-0.15, -0.1) is 0 Å². The summed E-state index contributed by atoms with van der Waals surface area (Å²) >= 11 is 5.23. The van der Waals surface area contributed by atoms with Crippen LogP contribution in [0.4, 0.5) is 5.69 Å². The molecule has 1 heterocycles. The fourth-order valence-corrected chi connectivity index (χ4v) is 2.60. The third-order valence-electron chi connectivity index (χ3n) is 2.60. The van der Waals surface area contributed by atoms with Crippen LogP contribution in [0, 0.1) is 31.9 Å². The number of nitro groups is 1. The molecule has 8 heteroatoms. The number of benzene rings is 1. The fourth-order valence-electron chi connectivity index (χ4n) is 1.56. The molecule has 0 radical (unpaired) electrons. The van der Waals surface area contributed by atoms with Gasteiger partial charge in [-0.05, 0) is 63.1 Å². The maximum absolute atomic E-state index is 11.2. The second-order valence-corrected chi connectivity index (χ2v) is 5.98. The standard InChI is InChI=1S/C13H7BrIN3O3/c1-7-2-3-17-13(11(7)14)21-12-9(15)4-8(6-16)5-10(12)18(19)20/h2-5H,1H3. The molecule has 106 valence electrons. The van der Waals surface area contributed by atoms with Gasteiger partial charge in [0.15, 0.2) is 0 Å². The lowest BCUT2D eigenvalue weighted by Crippen LogP contribution is -1.99. The first-order valence-corrected chi connectivity index (χ1v) is 7.48. The number of hydrogen-bond donors (Lipinski definition) is 0. The van der Waals surface area contributed by atoms with Gasteiger partial charge in [-0.1, -0.05) is 0 Å². The first kappa shape index (κ1) is 15.7. The van der Waals surface area contributed by atoms with Crippen molar-refractivity contribution in [2.45, 2.75) is 6.92 Å². The van der Waals surface area contributed by atoms with Crippen LogP contribution in [0.3, 0.4) is 0 Å². The number of ether oxygens (including phenoxy) is 1. The second-order valence-electron chi connectivity index (χ2n) is 4.02. The average Bonchev–Trinajstić information content (AvgIpc) is 2.45. The van der Waals surface area contributed by atoms with Crippen molar-refractivity contribution >= 4 is 44.2 Å². The SMILES string of the molecule is Cc1ccnc(Oc2c(I)cc(C#N)cc2[N+](=O)[O-])c1Br. The average molecular weight is 460 g/mol. The second kappa shape index (κ2) is 6.36. The van der Waals surface area contributed by atoms with Crippen molar-refractivity contribution in [3.63, 3.8) is 0 Å². The molecule has 1 aromatic heterocycles. The molecule has 0 aliphatic rings. The minimum absolute atomic E-state index is 0.0680. The van der Waals surface area contributed by atoms with Crippen LogP contribution in [0.15, 0.2) is 28.9 Å². The van der Waals surface area contributed by atoms with Gasteiger partial charge in [0, 0.05) is 12.3 Å².